The van der Waals surface area contributed by atoms with Crippen molar-refractivity contribution in [3.63, 3.8) is 0 Å². The maximum Gasteiger partial charge on any atom is 0.269 e. The van der Waals surface area contributed by atoms with Crippen molar-refractivity contribution in [2.24, 2.45) is 0 Å². The van der Waals surface area contributed by atoms with Crippen molar-refractivity contribution in [3.8, 4) is 11.5 Å². The Bertz CT molecular complexity index is 539. The van der Waals surface area contributed by atoms with E-state index in [0.29, 0.717) is 0 Å². The zero-order valence-electron chi connectivity index (χ0n) is 10.0. The van der Waals surface area contributed by atoms with Crippen LogP contribution < -0.4 is 0 Å². The zero-order chi connectivity index (χ0) is 15.1. The second kappa shape index (κ2) is 6.69. The van der Waals surface area contributed by atoms with E-state index in [9.17, 15) is 20.2 Å². The molecule has 2 N–H and O–H groups in total. The number of phenolic OH excluding ortho intramolecular Hbond substituents is 2. The molecule has 0 saturated heterocycles. The number of aromatic hydroxyl groups is 2. The first kappa shape index (κ1) is 14.9. The summed E-state index contributed by atoms with van der Waals surface area (Å²) in [6.45, 7) is 0. The summed E-state index contributed by atoms with van der Waals surface area (Å²) >= 11 is 0. The molecular formula is C12H10N2O6. The first-order valence-corrected chi connectivity index (χ1v) is 5.27. The van der Waals surface area contributed by atoms with Gasteiger partial charge in [-0.15, -0.1) is 0 Å². The van der Waals surface area contributed by atoms with Gasteiger partial charge in [-0.25, -0.2) is 0 Å². The van der Waals surface area contributed by atoms with Gasteiger partial charge >= 0.3 is 0 Å². The van der Waals surface area contributed by atoms with Gasteiger partial charge in [0.15, 0.2) is 0 Å². The molecular weight excluding hydrogens is 268 g/mol. The molecule has 104 valence electrons. The average Bonchev–Trinajstić information content (AvgIpc) is 2.40. The molecule has 0 aliphatic carbocycles. The highest BCUT2D eigenvalue weighted by molar-refractivity contribution is 5.35. The highest BCUT2D eigenvalue weighted by Crippen LogP contribution is 2.15. The molecule has 8 heteroatoms. The van der Waals surface area contributed by atoms with Crippen molar-refractivity contribution in [1.29, 1.82) is 0 Å². The molecule has 0 saturated carbocycles. The highest BCUT2D eigenvalue weighted by Gasteiger charge is 2.02. The lowest BCUT2D eigenvalue weighted by Crippen LogP contribution is -1.85. The minimum absolute atomic E-state index is 0.0159. The number of hydrogen-bond donors (Lipinski definition) is 2. The van der Waals surface area contributed by atoms with Crippen LogP contribution in [0.15, 0.2) is 48.5 Å². The van der Waals surface area contributed by atoms with Gasteiger partial charge in [0.25, 0.3) is 11.4 Å². The minimum atomic E-state index is -0.514. The molecule has 2 rings (SSSR count). The van der Waals surface area contributed by atoms with Gasteiger partial charge in [0, 0.05) is 24.3 Å². The van der Waals surface area contributed by atoms with Crippen molar-refractivity contribution >= 4 is 11.4 Å². The number of nitro groups is 2. The maximum atomic E-state index is 10.0. The van der Waals surface area contributed by atoms with Gasteiger partial charge in [-0.1, -0.05) is 0 Å². The molecule has 0 amide bonds. The van der Waals surface area contributed by atoms with Crippen LogP contribution in [0.4, 0.5) is 11.4 Å². The molecule has 8 nitrogen and oxygen atoms in total. The Morgan fingerprint density at radius 1 is 0.650 bits per heavy atom. The van der Waals surface area contributed by atoms with Crippen molar-refractivity contribution in [3.05, 3.63) is 68.8 Å². The molecule has 0 spiro atoms. The van der Waals surface area contributed by atoms with E-state index in [1.807, 2.05) is 0 Å². The topological polar surface area (TPSA) is 127 Å². The van der Waals surface area contributed by atoms with Crippen LogP contribution in [0.1, 0.15) is 0 Å². The Morgan fingerprint density at radius 3 is 1.10 bits per heavy atom. The zero-order valence-corrected chi connectivity index (χ0v) is 10.0. The standard InChI is InChI=1S/2C6H5NO3/c2*8-6-3-1-5(2-4-6)7(9)10/h2*1-4,8H. The third-order valence-electron chi connectivity index (χ3n) is 2.12. The monoisotopic (exact) mass is 278 g/mol. The third kappa shape index (κ3) is 4.61. The van der Waals surface area contributed by atoms with Crippen molar-refractivity contribution < 1.29 is 20.1 Å². The summed E-state index contributed by atoms with van der Waals surface area (Å²) in [6.07, 6.45) is 0. The molecule has 0 unspecified atom stereocenters. The van der Waals surface area contributed by atoms with Crippen molar-refractivity contribution in [1.82, 2.24) is 0 Å². The fourth-order valence-corrected chi connectivity index (χ4v) is 1.15. The number of rotatable bonds is 2. The van der Waals surface area contributed by atoms with Crippen LogP contribution in [0.3, 0.4) is 0 Å². The molecule has 0 atom stereocenters. The summed E-state index contributed by atoms with van der Waals surface area (Å²) in [5.74, 6) is 0.0659. The SMILES string of the molecule is O=[N+]([O-])c1ccc(O)cc1.O=[N+]([O-])c1ccc(O)cc1. The molecule has 0 aliphatic heterocycles. The van der Waals surface area contributed by atoms with Crippen LogP contribution in [0.5, 0.6) is 11.5 Å². The largest absolute Gasteiger partial charge is 0.508 e. The van der Waals surface area contributed by atoms with Crippen LogP contribution in [0.25, 0.3) is 0 Å². The number of nitro benzene ring substituents is 2. The Hall–Kier alpha value is -3.16. The van der Waals surface area contributed by atoms with E-state index in [0.717, 1.165) is 0 Å². The predicted octanol–water partition coefficient (Wildman–Crippen LogP) is 2.60. The molecule has 0 bridgehead atoms. The van der Waals surface area contributed by atoms with Gasteiger partial charge in [-0.2, -0.15) is 0 Å². The number of non-ortho nitro benzene ring substituents is 2. The Morgan fingerprint density at radius 2 is 0.900 bits per heavy atom. The summed E-state index contributed by atoms with van der Waals surface area (Å²) in [7, 11) is 0. The molecule has 0 radical (unpaired) electrons. The van der Waals surface area contributed by atoms with Crippen LogP contribution >= 0.6 is 0 Å². The smallest absolute Gasteiger partial charge is 0.269 e. The average molecular weight is 278 g/mol. The first-order valence-electron chi connectivity index (χ1n) is 5.27. The number of hydrogen-bond acceptors (Lipinski definition) is 6. The third-order valence-corrected chi connectivity index (χ3v) is 2.12. The summed E-state index contributed by atoms with van der Waals surface area (Å²) in [4.78, 5) is 19.0. The van der Waals surface area contributed by atoms with Gasteiger partial charge in [-0.3, -0.25) is 20.2 Å². The van der Waals surface area contributed by atoms with Crippen LogP contribution in [0.2, 0.25) is 0 Å². The van der Waals surface area contributed by atoms with Gasteiger partial charge in [0.2, 0.25) is 0 Å². The molecule has 0 aromatic heterocycles. The molecule has 2 aromatic rings. The van der Waals surface area contributed by atoms with E-state index in [1.165, 1.54) is 48.5 Å². The molecule has 20 heavy (non-hydrogen) atoms. The van der Waals surface area contributed by atoms with Gasteiger partial charge in [-0.05, 0) is 24.3 Å². The van der Waals surface area contributed by atoms with E-state index < -0.39 is 9.85 Å². The fraction of sp³-hybridized carbons (Fsp3) is 0. The molecule has 2 aromatic carbocycles. The van der Waals surface area contributed by atoms with E-state index in [4.69, 9.17) is 10.2 Å². The van der Waals surface area contributed by atoms with E-state index >= 15 is 0 Å². The molecule has 0 fully saturated rings. The predicted molar refractivity (Wildman–Crippen MR) is 69.5 cm³/mol. The number of benzene rings is 2. The van der Waals surface area contributed by atoms with Crippen LogP contribution in [-0.4, -0.2) is 20.1 Å². The van der Waals surface area contributed by atoms with Crippen LogP contribution in [0, 0.1) is 20.2 Å². The number of nitrogens with zero attached hydrogens (tertiary/aromatic N) is 2. The second-order valence-corrected chi connectivity index (χ2v) is 3.55. The van der Waals surface area contributed by atoms with Gasteiger partial charge < -0.3 is 10.2 Å². The lowest BCUT2D eigenvalue weighted by atomic mass is 10.3. The summed E-state index contributed by atoms with van der Waals surface area (Å²) in [5, 5.41) is 37.5. The van der Waals surface area contributed by atoms with E-state index in [1.54, 1.807) is 0 Å². The van der Waals surface area contributed by atoms with Crippen LogP contribution in [-0.2, 0) is 0 Å². The van der Waals surface area contributed by atoms with Crippen molar-refractivity contribution in [2.75, 3.05) is 0 Å². The Kier molecular flexibility index (Phi) is 4.98. The Balaban J connectivity index is 0.000000200. The highest BCUT2D eigenvalue weighted by atomic mass is 16.6. The minimum Gasteiger partial charge on any atom is -0.508 e. The lowest BCUT2D eigenvalue weighted by molar-refractivity contribution is -0.385. The second-order valence-electron chi connectivity index (χ2n) is 3.55. The van der Waals surface area contributed by atoms with Gasteiger partial charge in [0.1, 0.15) is 11.5 Å². The number of phenols is 2. The lowest BCUT2D eigenvalue weighted by Gasteiger charge is -1.89. The van der Waals surface area contributed by atoms with E-state index in [-0.39, 0.29) is 22.9 Å². The maximum absolute atomic E-state index is 10.0. The van der Waals surface area contributed by atoms with Gasteiger partial charge in [0.05, 0.1) is 9.85 Å². The van der Waals surface area contributed by atoms with Crippen molar-refractivity contribution in [2.45, 2.75) is 0 Å². The summed E-state index contributed by atoms with van der Waals surface area (Å²) in [6, 6.07) is 10.1. The fourth-order valence-electron chi connectivity index (χ4n) is 1.15. The van der Waals surface area contributed by atoms with E-state index in [2.05, 4.69) is 0 Å². The summed E-state index contributed by atoms with van der Waals surface area (Å²) < 4.78 is 0. The quantitative estimate of drug-likeness (QED) is 0.642. The Labute approximate surface area is 112 Å². The normalized spacial score (nSPS) is 9.20. The summed E-state index contributed by atoms with van der Waals surface area (Å²) in [5.41, 5.74) is -0.0319. The first-order chi connectivity index (χ1) is 9.40. The molecule has 0 aliphatic rings. The molecule has 0 heterocycles.